The average Bonchev–Trinajstić information content (AvgIpc) is 3.90. The predicted molar refractivity (Wildman–Crippen MR) is 280 cm³/mol. The minimum Gasteiger partial charge on any atom is -0.447 e. The highest BCUT2D eigenvalue weighted by Gasteiger charge is 2.45. The Morgan fingerprint density at radius 3 is 2.01 bits per heavy atom. The molecule has 0 aromatic carbocycles. The first-order chi connectivity index (χ1) is 37.4. The third kappa shape index (κ3) is 24.3. The van der Waals surface area contributed by atoms with Gasteiger partial charge in [0, 0.05) is 60.3 Å². The van der Waals surface area contributed by atoms with Gasteiger partial charge in [-0.2, -0.15) is 4.98 Å². The molecular formula is C49H85N9O20. The summed E-state index contributed by atoms with van der Waals surface area (Å²) in [7, 11) is 6.10. The summed E-state index contributed by atoms with van der Waals surface area (Å²) in [5, 5.41) is 37.3. The number of hydrogen-bond donors (Lipinski definition) is 8. The number of imidazole rings is 1. The lowest BCUT2D eigenvalue weighted by molar-refractivity contribution is -0.142. The molecule has 0 aliphatic carbocycles. The van der Waals surface area contributed by atoms with Gasteiger partial charge in [0.25, 0.3) is 5.56 Å². The maximum Gasteiger partial charge on any atom is 0.409 e. The molecule has 2 aromatic heterocycles. The number of nitrogens with two attached hydrogens (primary N) is 1. The first-order valence-corrected chi connectivity index (χ1v) is 25.8. The number of Topliss-reactive ketones (excluding diaryl/α,β-unsaturated/α-hetero) is 1. The second-order valence-corrected chi connectivity index (χ2v) is 18.0. The van der Waals surface area contributed by atoms with Crippen molar-refractivity contribution in [2.75, 3.05) is 140 Å². The van der Waals surface area contributed by atoms with E-state index in [1.807, 2.05) is 13.8 Å². The maximum atomic E-state index is 13.4. The van der Waals surface area contributed by atoms with Gasteiger partial charge in [-0.25, -0.2) is 14.2 Å². The molecule has 4 amide bonds. The number of nitrogen functional groups attached to an aromatic ring is 1. The molecule has 78 heavy (non-hydrogen) atoms. The second-order valence-electron chi connectivity index (χ2n) is 18.0. The molecule has 29 heteroatoms. The lowest BCUT2D eigenvalue weighted by Crippen LogP contribution is -2.47. The number of ketones is 1. The highest BCUT2D eigenvalue weighted by molar-refractivity contribution is 5.93. The largest absolute Gasteiger partial charge is 0.447 e. The van der Waals surface area contributed by atoms with Gasteiger partial charge in [-0.15, -0.1) is 6.58 Å². The summed E-state index contributed by atoms with van der Waals surface area (Å²) in [5.74, 6) is -2.15. The first kappa shape index (κ1) is 68.7. The van der Waals surface area contributed by atoms with Gasteiger partial charge in [-0.3, -0.25) is 33.5 Å². The average molecular weight is 1120 g/mol. The van der Waals surface area contributed by atoms with E-state index in [4.69, 9.17) is 53.1 Å². The fourth-order valence-electron chi connectivity index (χ4n) is 7.46. The van der Waals surface area contributed by atoms with E-state index in [0.717, 1.165) is 28.4 Å². The number of hydrogen-bond acceptors (Lipinski definition) is 22. The summed E-state index contributed by atoms with van der Waals surface area (Å²) in [5.41, 5.74) is 4.05. The van der Waals surface area contributed by atoms with E-state index in [1.54, 1.807) is 14.1 Å². The monoisotopic (exact) mass is 1120 g/mol. The molecule has 446 valence electrons. The molecule has 2 aromatic rings. The lowest BCUT2D eigenvalue weighted by atomic mass is 9.89. The zero-order valence-corrected chi connectivity index (χ0v) is 46.1. The van der Waals surface area contributed by atoms with Crippen LogP contribution in [0, 0.1) is 11.8 Å². The van der Waals surface area contributed by atoms with Crippen LogP contribution in [0.25, 0.3) is 11.2 Å². The summed E-state index contributed by atoms with van der Waals surface area (Å²) >= 11 is 0. The van der Waals surface area contributed by atoms with Crippen molar-refractivity contribution in [3.8, 4) is 0 Å². The molecule has 1 aliphatic rings. The van der Waals surface area contributed by atoms with Crippen LogP contribution in [0.15, 0.2) is 22.2 Å². The van der Waals surface area contributed by atoms with Gasteiger partial charge >= 0.3 is 11.8 Å². The third-order valence-electron chi connectivity index (χ3n) is 11.7. The topological polar surface area (TPSA) is 376 Å². The zero-order chi connectivity index (χ0) is 58.0. The zero-order valence-electron chi connectivity index (χ0n) is 46.1. The van der Waals surface area contributed by atoms with Crippen molar-refractivity contribution in [3.63, 3.8) is 0 Å². The number of nitrogens with one attached hydrogen (secondary N) is 4. The van der Waals surface area contributed by atoms with Crippen LogP contribution in [-0.2, 0) is 73.1 Å². The van der Waals surface area contributed by atoms with E-state index < -0.39 is 72.6 Å². The number of H-pyrrole nitrogens is 1. The number of amides is 4. The Kier molecular flexibility index (Phi) is 34.3. The lowest BCUT2D eigenvalue weighted by Gasteiger charge is -2.24. The van der Waals surface area contributed by atoms with Crippen LogP contribution in [0.2, 0.25) is 0 Å². The van der Waals surface area contributed by atoms with Crippen LogP contribution >= 0.6 is 0 Å². The number of ether oxygens (including phenoxy) is 10. The molecule has 29 nitrogen and oxygen atoms in total. The van der Waals surface area contributed by atoms with E-state index in [9.17, 15) is 48.9 Å². The number of aliphatic hydroxyl groups excluding tert-OH is 3. The van der Waals surface area contributed by atoms with Gasteiger partial charge in [-0.1, -0.05) is 46.1 Å². The highest BCUT2D eigenvalue weighted by Crippen LogP contribution is 2.30. The van der Waals surface area contributed by atoms with Gasteiger partial charge < -0.3 is 89.3 Å². The summed E-state index contributed by atoms with van der Waals surface area (Å²) in [6.07, 6.45) is -1.80. The molecule has 9 N–H and O–H groups in total. The van der Waals surface area contributed by atoms with E-state index in [1.165, 1.54) is 25.2 Å². The SMILES string of the molecule is C=CCn1c(=O)n(C2O[C@H](CO)[C@@H](O)[C@H]2O)c2nc(N)[nH]c(=O)c21.CCCCC[C@H](CC(=O)[C@@H](NC(=O)COCCOCCOCCOCCOCC(=O)NC)C(C)C)C(=O)NCCN(C)C(=O)OCCOCC(OC)OC. The summed E-state index contributed by atoms with van der Waals surface area (Å²) in [4.78, 5) is 95.0. The van der Waals surface area contributed by atoms with Crippen molar-refractivity contribution in [1.82, 2.24) is 40.0 Å². The molecule has 0 radical (unpaired) electrons. The number of aromatic amines is 1. The van der Waals surface area contributed by atoms with Crippen LogP contribution in [0.1, 0.15) is 59.1 Å². The van der Waals surface area contributed by atoms with Crippen molar-refractivity contribution >= 4 is 46.7 Å². The van der Waals surface area contributed by atoms with Crippen LogP contribution < -0.4 is 32.9 Å². The maximum absolute atomic E-state index is 13.4. The molecule has 1 aliphatic heterocycles. The Hall–Kier alpha value is -5.44. The number of rotatable bonds is 40. The van der Waals surface area contributed by atoms with Gasteiger partial charge in [-0.05, 0) is 12.3 Å². The number of likely N-dealkylation sites (N-methyl/N-ethyl adjacent to an activating group) is 2. The number of carbonyl (C=O) groups is 5. The molecular weight excluding hydrogens is 1030 g/mol. The molecule has 3 heterocycles. The van der Waals surface area contributed by atoms with Crippen molar-refractivity contribution in [1.29, 1.82) is 0 Å². The first-order valence-electron chi connectivity index (χ1n) is 25.8. The summed E-state index contributed by atoms with van der Waals surface area (Å²) < 4.78 is 54.8. The Balaban J connectivity index is 0.000000708. The minimum absolute atomic E-state index is 0.00242. The standard InChI is InChI=1S/C36H68N4O14.C13H17N5O6/c1-8-9-10-11-29(35(44)38-12-13-40(5)36(45)54-23-22-53-27-33(46-6)47-7)24-30(41)34(28(2)3)39-32(43)26-52-21-19-50-17-15-48-14-16-49-18-20-51-25-31(42)37-4;1-2-3-17-6-9(15-12(14)16-10(6)22)18(13(17)23)11-8(21)7(20)5(4-19)24-11/h28-29,33-34H,8-27H2,1-7H3,(H,37,42)(H,38,44)(H,39,43);2,5,7-8,11,19-21H,1,3-4H2,(H3,14,15,16,22)/t29-,34+;5-,7-,8-,11?/m11/s1. The minimum atomic E-state index is -1.50. The normalized spacial score (nSPS) is 16.9. The number of methoxy groups -OCH3 is 2. The fraction of sp³-hybridized carbons (Fsp3) is 0.755. The van der Waals surface area contributed by atoms with Crippen LogP contribution in [0.5, 0.6) is 0 Å². The third-order valence-corrected chi connectivity index (χ3v) is 11.7. The molecule has 0 bridgehead atoms. The number of nitrogens with zero attached hydrogens (tertiary/aromatic N) is 4. The number of aromatic nitrogens is 4. The Morgan fingerprint density at radius 1 is 0.885 bits per heavy atom. The predicted octanol–water partition coefficient (Wildman–Crippen LogP) is -1.80. The molecule has 1 fully saturated rings. The number of aliphatic hydroxyl groups is 3. The van der Waals surface area contributed by atoms with E-state index in [-0.39, 0.29) is 113 Å². The molecule has 3 rings (SSSR count). The van der Waals surface area contributed by atoms with Crippen LogP contribution in [-0.4, -0.2) is 233 Å². The summed E-state index contributed by atoms with van der Waals surface area (Å²) in [6.45, 7) is 11.8. The van der Waals surface area contributed by atoms with Gasteiger partial charge in [0.1, 0.15) is 38.1 Å². The Labute approximate surface area is 453 Å². The number of allylic oxidation sites excluding steroid dienone is 1. The van der Waals surface area contributed by atoms with E-state index in [0.29, 0.717) is 46.1 Å². The smallest absolute Gasteiger partial charge is 0.409 e. The molecule has 1 unspecified atom stereocenters. The molecule has 0 spiro atoms. The fourth-order valence-corrected chi connectivity index (χ4v) is 7.46. The second kappa shape index (κ2) is 39.0. The number of anilines is 1. The Morgan fingerprint density at radius 2 is 1.47 bits per heavy atom. The molecule has 6 atom stereocenters. The molecule has 0 saturated carbocycles. The number of carbonyl (C=O) groups excluding carboxylic acids is 5. The highest BCUT2D eigenvalue weighted by atomic mass is 16.7. The number of fused-ring (bicyclic) bond motifs is 1. The summed E-state index contributed by atoms with van der Waals surface area (Å²) in [6, 6.07) is -0.783. The van der Waals surface area contributed by atoms with Crippen molar-refractivity contribution < 1.29 is 86.7 Å². The number of unbranched alkanes of at least 4 members (excludes halogenated alkanes) is 2. The quantitative estimate of drug-likeness (QED) is 0.0207. The van der Waals surface area contributed by atoms with Gasteiger partial charge in [0.15, 0.2) is 29.5 Å². The molecule has 1 saturated heterocycles. The van der Waals surface area contributed by atoms with Crippen LogP contribution in [0.3, 0.4) is 0 Å². The van der Waals surface area contributed by atoms with Crippen molar-refractivity contribution in [3.05, 3.63) is 33.5 Å². The van der Waals surface area contributed by atoms with Gasteiger partial charge in [0.05, 0.1) is 78.7 Å². The van der Waals surface area contributed by atoms with E-state index >= 15 is 0 Å². The van der Waals surface area contributed by atoms with Gasteiger partial charge in [0.2, 0.25) is 23.7 Å². The van der Waals surface area contributed by atoms with Crippen LogP contribution in [0.4, 0.5) is 10.7 Å². The van der Waals surface area contributed by atoms with Crippen molar-refractivity contribution in [2.45, 2.75) is 96.3 Å². The van der Waals surface area contributed by atoms with E-state index in [2.05, 4.69) is 39.4 Å². The van der Waals surface area contributed by atoms with Crippen molar-refractivity contribution in [2.24, 2.45) is 11.8 Å². The Bertz CT molecular complexity index is 2200.